The Bertz CT molecular complexity index is 1140. The molecule has 3 aromatic rings. The van der Waals surface area contributed by atoms with Crippen LogP contribution in [0.5, 0.6) is 0 Å². The minimum absolute atomic E-state index is 0.158. The molecule has 4 rings (SSSR count). The zero-order chi connectivity index (χ0) is 23.6. The predicted octanol–water partition coefficient (Wildman–Crippen LogP) is 4.67. The Kier molecular flexibility index (Phi) is 6.22. The van der Waals surface area contributed by atoms with Crippen molar-refractivity contribution in [3.05, 3.63) is 65.9 Å². The molecule has 7 nitrogen and oxygen atoms in total. The third-order valence-electron chi connectivity index (χ3n) is 6.48. The molecule has 33 heavy (non-hydrogen) atoms. The summed E-state index contributed by atoms with van der Waals surface area (Å²) in [6.45, 7) is 2.99. The molecule has 4 N–H and O–H groups in total. The summed E-state index contributed by atoms with van der Waals surface area (Å²) < 4.78 is 0. The maximum Gasteiger partial charge on any atom is 0.328 e. The number of aliphatic carboxylic acids is 1. The van der Waals surface area contributed by atoms with E-state index in [9.17, 15) is 19.5 Å². The summed E-state index contributed by atoms with van der Waals surface area (Å²) in [4.78, 5) is 39.4. The summed E-state index contributed by atoms with van der Waals surface area (Å²) >= 11 is 0. The lowest BCUT2D eigenvalue weighted by molar-refractivity contribution is -0.146. The van der Waals surface area contributed by atoms with Crippen molar-refractivity contribution in [2.24, 2.45) is 5.92 Å². The summed E-state index contributed by atoms with van der Waals surface area (Å²) in [5, 5.41) is 15.8. The first-order chi connectivity index (χ1) is 15.7. The summed E-state index contributed by atoms with van der Waals surface area (Å²) in [7, 11) is 0. The van der Waals surface area contributed by atoms with Crippen LogP contribution < -0.4 is 10.6 Å². The van der Waals surface area contributed by atoms with Gasteiger partial charge in [-0.1, -0.05) is 30.3 Å². The number of aromatic amines is 1. The fraction of sp³-hybridized carbons (Fsp3) is 0.346. The molecule has 2 amide bonds. The fourth-order valence-corrected chi connectivity index (χ4v) is 4.39. The van der Waals surface area contributed by atoms with Gasteiger partial charge in [0.2, 0.25) is 5.91 Å². The monoisotopic (exact) mass is 447 g/mol. The molecule has 1 aliphatic carbocycles. The van der Waals surface area contributed by atoms with Crippen LogP contribution in [0.3, 0.4) is 0 Å². The van der Waals surface area contributed by atoms with E-state index in [-0.39, 0.29) is 17.7 Å². The molecule has 1 fully saturated rings. The molecule has 0 unspecified atom stereocenters. The van der Waals surface area contributed by atoms with Crippen molar-refractivity contribution in [2.45, 2.75) is 51.0 Å². The van der Waals surface area contributed by atoms with E-state index in [0.717, 1.165) is 42.3 Å². The van der Waals surface area contributed by atoms with E-state index in [2.05, 4.69) is 15.6 Å². The van der Waals surface area contributed by atoms with Crippen molar-refractivity contribution < 1.29 is 19.5 Å². The highest BCUT2D eigenvalue weighted by molar-refractivity contribution is 6.05. The van der Waals surface area contributed by atoms with Crippen LogP contribution in [0.25, 0.3) is 10.9 Å². The lowest BCUT2D eigenvalue weighted by Crippen LogP contribution is -2.51. The number of para-hydroxylation sites is 1. The Balaban J connectivity index is 1.32. The number of hydrogen-bond acceptors (Lipinski definition) is 3. The highest BCUT2D eigenvalue weighted by atomic mass is 16.4. The van der Waals surface area contributed by atoms with Crippen LogP contribution >= 0.6 is 0 Å². The molecule has 1 aromatic heterocycles. The van der Waals surface area contributed by atoms with Gasteiger partial charge in [0.05, 0.1) is 0 Å². The van der Waals surface area contributed by atoms with Gasteiger partial charge in [-0.05, 0) is 75.3 Å². The van der Waals surface area contributed by atoms with Crippen molar-refractivity contribution in [1.29, 1.82) is 0 Å². The van der Waals surface area contributed by atoms with Gasteiger partial charge >= 0.3 is 5.97 Å². The molecule has 1 aliphatic rings. The number of fused-ring (bicyclic) bond motifs is 1. The molecule has 0 saturated heterocycles. The SMILES string of the molecule is CC(C)(NC(=O)[C@H]1CC[C@@H](c2ccc(NC(=O)c3cc4ccccc4[nH]3)cc2)CC1)C(=O)O. The number of carboxylic acids is 1. The summed E-state index contributed by atoms with van der Waals surface area (Å²) in [6, 6.07) is 17.5. The second kappa shape index (κ2) is 9.10. The van der Waals surface area contributed by atoms with Gasteiger partial charge in [-0.15, -0.1) is 0 Å². The van der Waals surface area contributed by atoms with Gasteiger partial charge in [-0.25, -0.2) is 4.79 Å². The first-order valence-electron chi connectivity index (χ1n) is 11.3. The number of anilines is 1. The summed E-state index contributed by atoms with van der Waals surface area (Å²) in [5.74, 6) is -1.22. The van der Waals surface area contributed by atoms with E-state index in [1.54, 1.807) is 0 Å². The number of aromatic nitrogens is 1. The van der Waals surface area contributed by atoms with Crippen LogP contribution in [-0.4, -0.2) is 33.4 Å². The van der Waals surface area contributed by atoms with Crippen LogP contribution in [-0.2, 0) is 9.59 Å². The molecule has 172 valence electrons. The zero-order valence-electron chi connectivity index (χ0n) is 18.9. The summed E-state index contributed by atoms with van der Waals surface area (Å²) in [5.41, 5.74) is 2.09. The topological polar surface area (TPSA) is 111 Å². The van der Waals surface area contributed by atoms with Crippen LogP contribution in [0.1, 0.15) is 61.5 Å². The van der Waals surface area contributed by atoms with Crippen molar-refractivity contribution in [2.75, 3.05) is 5.32 Å². The number of H-pyrrole nitrogens is 1. The molecular formula is C26H29N3O4. The predicted molar refractivity (Wildman–Crippen MR) is 127 cm³/mol. The second-order valence-corrected chi connectivity index (χ2v) is 9.31. The maximum atomic E-state index is 12.6. The summed E-state index contributed by atoms with van der Waals surface area (Å²) in [6.07, 6.45) is 3.19. The van der Waals surface area contributed by atoms with E-state index in [0.29, 0.717) is 11.6 Å². The van der Waals surface area contributed by atoms with Crippen LogP contribution in [0, 0.1) is 5.92 Å². The Morgan fingerprint density at radius 2 is 1.64 bits per heavy atom. The van der Waals surface area contributed by atoms with E-state index < -0.39 is 11.5 Å². The minimum Gasteiger partial charge on any atom is -0.480 e. The number of rotatable bonds is 6. The maximum absolute atomic E-state index is 12.6. The third-order valence-corrected chi connectivity index (χ3v) is 6.48. The van der Waals surface area contributed by atoms with Crippen LogP contribution in [0.15, 0.2) is 54.6 Å². The van der Waals surface area contributed by atoms with Crippen molar-refractivity contribution in [3.8, 4) is 0 Å². The third kappa shape index (κ3) is 5.08. The Morgan fingerprint density at radius 1 is 0.970 bits per heavy atom. The van der Waals surface area contributed by atoms with Crippen LogP contribution in [0.2, 0.25) is 0 Å². The van der Waals surface area contributed by atoms with Gasteiger partial charge in [0.15, 0.2) is 0 Å². The number of benzene rings is 2. The van der Waals surface area contributed by atoms with Gasteiger partial charge in [-0.2, -0.15) is 0 Å². The first-order valence-corrected chi connectivity index (χ1v) is 11.3. The van der Waals surface area contributed by atoms with E-state index >= 15 is 0 Å². The Hall–Kier alpha value is -3.61. The normalized spacial score (nSPS) is 18.6. The van der Waals surface area contributed by atoms with Crippen molar-refractivity contribution in [3.63, 3.8) is 0 Å². The van der Waals surface area contributed by atoms with Crippen molar-refractivity contribution in [1.82, 2.24) is 10.3 Å². The fourth-order valence-electron chi connectivity index (χ4n) is 4.39. The van der Waals surface area contributed by atoms with Gasteiger partial charge in [-0.3, -0.25) is 9.59 Å². The average Bonchev–Trinajstić information content (AvgIpc) is 3.24. The van der Waals surface area contributed by atoms with E-state index in [1.165, 1.54) is 19.4 Å². The van der Waals surface area contributed by atoms with Gasteiger partial charge in [0, 0.05) is 22.5 Å². The molecule has 1 heterocycles. The minimum atomic E-state index is -1.26. The Morgan fingerprint density at radius 3 is 2.27 bits per heavy atom. The molecule has 0 radical (unpaired) electrons. The molecule has 0 spiro atoms. The average molecular weight is 448 g/mol. The van der Waals surface area contributed by atoms with Gasteiger partial charge in [0.1, 0.15) is 11.2 Å². The lowest BCUT2D eigenvalue weighted by atomic mass is 9.78. The number of nitrogens with one attached hydrogen (secondary N) is 3. The Labute approximate surface area is 192 Å². The number of carbonyl (C=O) groups is 3. The zero-order valence-corrected chi connectivity index (χ0v) is 18.9. The molecule has 2 aromatic carbocycles. The molecule has 0 atom stereocenters. The number of amides is 2. The highest BCUT2D eigenvalue weighted by Gasteiger charge is 2.33. The molecular weight excluding hydrogens is 418 g/mol. The quantitative estimate of drug-likeness (QED) is 0.440. The van der Waals surface area contributed by atoms with Gasteiger partial charge in [0.25, 0.3) is 5.91 Å². The van der Waals surface area contributed by atoms with Gasteiger partial charge < -0.3 is 20.7 Å². The van der Waals surface area contributed by atoms with E-state index in [4.69, 9.17) is 0 Å². The van der Waals surface area contributed by atoms with Crippen molar-refractivity contribution >= 4 is 34.4 Å². The smallest absolute Gasteiger partial charge is 0.328 e. The van der Waals surface area contributed by atoms with E-state index in [1.807, 2.05) is 54.6 Å². The first kappa shape index (κ1) is 22.6. The number of hydrogen-bond donors (Lipinski definition) is 4. The number of carbonyl (C=O) groups excluding carboxylic acids is 2. The standard InChI is InChI=1S/C26H29N3O4/c1-26(2,25(32)33)29-23(30)18-9-7-16(8-10-18)17-11-13-20(14-12-17)27-24(31)22-15-19-5-3-4-6-21(19)28-22/h3-6,11-16,18,28H,7-10H2,1-2H3,(H,27,31)(H,29,30)(H,32,33)/t16-,18+. The van der Waals surface area contributed by atoms with Crippen LogP contribution in [0.4, 0.5) is 5.69 Å². The highest BCUT2D eigenvalue weighted by Crippen LogP contribution is 2.36. The number of carboxylic acid groups (broad SMARTS) is 1. The largest absolute Gasteiger partial charge is 0.480 e. The molecule has 7 heteroatoms. The molecule has 0 aliphatic heterocycles. The second-order valence-electron chi connectivity index (χ2n) is 9.31. The lowest BCUT2D eigenvalue weighted by Gasteiger charge is -2.30. The molecule has 1 saturated carbocycles. The molecule has 0 bridgehead atoms.